The molecule has 4 nitrogen and oxygen atoms in total. The number of rotatable bonds is 3. The van der Waals surface area contributed by atoms with E-state index in [1.165, 1.54) is 0 Å². The highest BCUT2D eigenvalue weighted by Crippen LogP contribution is 2.15. The number of aromatic amines is 1. The Hall–Kier alpha value is -2.22. The molecule has 0 bridgehead atoms. The van der Waals surface area contributed by atoms with Gasteiger partial charge in [-0.2, -0.15) is 0 Å². The summed E-state index contributed by atoms with van der Waals surface area (Å²) in [5, 5.41) is 12.0. The molecule has 1 heterocycles. The number of nitrogens with one attached hydrogen (secondary N) is 2. The van der Waals surface area contributed by atoms with Gasteiger partial charge in [0.2, 0.25) is 0 Å². The summed E-state index contributed by atoms with van der Waals surface area (Å²) < 4.78 is 0. The molecule has 1 aromatic carbocycles. The predicted molar refractivity (Wildman–Crippen MR) is 82.1 cm³/mol. The zero-order valence-electron chi connectivity index (χ0n) is 11.5. The molecule has 108 valence electrons. The van der Waals surface area contributed by atoms with Crippen molar-refractivity contribution < 1.29 is 9.90 Å². The molecule has 0 saturated carbocycles. The normalized spacial score (nSPS) is 11.4. The molecular formula is C16H15ClN2O2. The molecule has 1 atom stereocenters. The van der Waals surface area contributed by atoms with E-state index in [1.54, 1.807) is 12.3 Å². The van der Waals surface area contributed by atoms with E-state index >= 15 is 0 Å². The second-order valence-corrected chi connectivity index (χ2v) is 4.95. The van der Waals surface area contributed by atoms with E-state index in [0.29, 0.717) is 10.7 Å². The van der Waals surface area contributed by atoms with Gasteiger partial charge in [-0.15, -0.1) is 0 Å². The van der Waals surface area contributed by atoms with E-state index in [0.717, 1.165) is 11.1 Å². The van der Waals surface area contributed by atoms with Crippen molar-refractivity contribution in [2.75, 3.05) is 6.61 Å². The fourth-order valence-electron chi connectivity index (χ4n) is 1.85. The van der Waals surface area contributed by atoms with Gasteiger partial charge in [-0.1, -0.05) is 35.6 Å². The Morgan fingerprint density at radius 3 is 2.71 bits per heavy atom. The van der Waals surface area contributed by atoms with Gasteiger partial charge in [-0.3, -0.25) is 4.79 Å². The first-order valence-electron chi connectivity index (χ1n) is 6.44. The topological polar surface area (TPSA) is 65.1 Å². The van der Waals surface area contributed by atoms with Crippen molar-refractivity contribution in [3.8, 4) is 11.8 Å². The van der Waals surface area contributed by atoms with Crippen LogP contribution in [0.15, 0.2) is 36.5 Å². The molecule has 0 saturated heterocycles. The van der Waals surface area contributed by atoms with Gasteiger partial charge in [0, 0.05) is 11.8 Å². The highest BCUT2D eigenvalue weighted by Gasteiger charge is 2.12. The Morgan fingerprint density at radius 2 is 2.14 bits per heavy atom. The zero-order chi connectivity index (χ0) is 15.2. The van der Waals surface area contributed by atoms with Gasteiger partial charge in [0.15, 0.2) is 0 Å². The lowest BCUT2D eigenvalue weighted by Gasteiger charge is -2.13. The van der Waals surface area contributed by atoms with Gasteiger partial charge in [0.1, 0.15) is 12.3 Å². The maximum Gasteiger partial charge on any atom is 0.268 e. The summed E-state index contributed by atoms with van der Waals surface area (Å²) in [7, 11) is 0. The second-order valence-electron chi connectivity index (χ2n) is 4.51. The van der Waals surface area contributed by atoms with Crippen molar-refractivity contribution in [2.45, 2.75) is 13.0 Å². The van der Waals surface area contributed by atoms with Crippen molar-refractivity contribution in [2.24, 2.45) is 0 Å². The summed E-state index contributed by atoms with van der Waals surface area (Å²) in [6, 6.07) is 8.94. The first-order valence-corrected chi connectivity index (χ1v) is 6.82. The van der Waals surface area contributed by atoms with Crippen LogP contribution >= 0.6 is 11.6 Å². The maximum absolute atomic E-state index is 12.0. The summed E-state index contributed by atoms with van der Waals surface area (Å²) in [5.74, 6) is 5.20. The number of H-pyrrole nitrogens is 1. The number of benzene rings is 1. The number of aliphatic hydroxyl groups is 1. The number of halogens is 1. The molecule has 0 aliphatic heterocycles. The number of amides is 1. The van der Waals surface area contributed by atoms with Gasteiger partial charge >= 0.3 is 0 Å². The van der Waals surface area contributed by atoms with Crippen molar-refractivity contribution in [1.29, 1.82) is 0 Å². The van der Waals surface area contributed by atoms with Crippen molar-refractivity contribution in [3.05, 3.63) is 58.4 Å². The van der Waals surface area contributed by atoms with Crippen LogP contribution in [-0.2, 0) is 0 Å². The average Bonchev–Trinajstić information content (AvgIpc) is 2.92. The highest BCUT2D eigenvalue weighted by molar-refractivity contribution is 6.30. The number of hydrogen-bond donors (Lipinski definition) is 3. The number of carbonyl (C=O) groups excluding carboxylic acids is 1. The summed E-state index contributed by atoms with van der Waals surface area (Å²) >= 11 is 5.78. The Labute approximate surface area is 128 Å². The quantitative estimate of drug-likeness (QED) is 0.763. The minimum atomic E-state index is -0.210. The number of aromatic nitrogens is 1. The lowest BCUT2D eigenvalue weighted by atomic mass is 10.1. The first-order chi connectivity index (χ1) is 10.1. The van der Waals surface area contributed by atoms with Crippen LogP contribution in [0.25, 0.3) is 0 Å². The average molecular weight is 303 g/mol. The molecule has 2 rings (SSSR count). The zero-order valence-corrected chi connectivity index (χ0v) is 12.2. The molecule has 0 spiro atoms. The van der Waals surface area contributed by atoms with Gasteiger partial charge < -0.3 is 15.4 Å². The van der Waals surface area contributed by atoms with Crippen LogP contribution in [0, 0.1) is 11.8 Å². The van der Waals surface area contributed by atoms with E-state index in [-0.39, 0.29) is 18.6 Å². The van der Waals surface area contributed by atoms with Crippen molar-refractivity contribution in [3.63, 3.8) is 0 Å². The van der Waals surface area contributed by atoms with E-state index in [9.17, 15) is 4.79 Å². The molecule has 3 N–H and O–H groups in total. The van der Waals surface area contributed by atoms with Crippen LogP contribution in [0.5, 0.6) is 0 Å². The van der Waals surface area contributed by atoms with Crippen LogP contribution in [0.2, 0.25) is 5.02 Å². The lowest BCUT2D eigenvalue weighted by Crippen LogP contribution is -2.26. The minimum Gasteiger partial charge on any atom is -0.384 e. The molecule has 5 heteroatoms. The van der Waals surface area contributed by atoms with Crippen LogP contribution in [0.4, 0.5) is 0 Å². The largest absolute Gasteiger partial charge is 0.384 e. The molecular weight excluding hydrogens is 288 g/mol. The standard InChI is InChI=1S/C16H15ClN2O2/c1-11(19-16(21)15-9-14(17)10-18-15)13-6-4-12(5-7-13)3-2-8-20/h4-7,9-11,18,20H,8H2,1H3,(H,19,21). The van der Waals surface area contributed by atoms with Crippen molar-refractivity contribution >= 4 is 17.5 Å². The van der Waals surface area contributed by atoms with Gasteiger partial charge in [0.05, 0.1) is 11.1 Å². The lowest BCUT2D eigenvalue weighted by molar-refractivity contribution is 0.0935. The van der Waals surface area contributed by atoms with E-state index in [4.69, 9.17) is 16.7 Å². The number of carbonyl (C=O) groups is 1. The predicted octanol–water partition coefficient (Wildman–Crippen LogP) is 2.50. The van der Waals surface area contributed by atoms with Gasteiger partial charge in [-0.25, -0.2) is 0 Å². The smallest absolute Gasteiger partial charge is 0.268 e. The van der Waals surface area contributed by atoms with Crippen molar-refractivity contribution in [1.82, 2.24) is 10.3 Å². The fourth-order valence-corrected chi connectivity index (χ4v) is 2.02. The SMILES string of the molecule is CC(NC(=O)c1cc(Cl)c[nH]1)c1ccc(C#CCO)cc1. The third-order valence-corrected chi connectivity index (χ3v) is 3.18. The molecule has 0 radical (unpaired) electrons. The molecule has 0 fully saturated rings. The van der Waals surface area contributed by atoms with E-state index < -0.39 is 0 Å². The third kappa shape index (κ3) is 4.12. The first kappa shape index (κ1) is 15.2. The summed E-state index contributed by atoms with van der Waals surface area (Å²) in [6.07, 6.45) is 1.57. The Bertz CT molecular complexity index is 680. The summed E-state index contributed by atoms with van der Waals surface area (Å²) in [4.78, 5) is 14.8. The van der Waals surface area contributed by atoms with E-state index in [1.807, 2.05) is 31.2 Å². The number of aliphatic hydroxyl groups excluding tert-OH is 1. The molecule has 1 aromatic heterocycles. The molecule has 1 amide bonds. The molecule has 21 heavy (non-hydrogen) atoms. The van der Waals surface area contributed by atoms with E-state index in [2.05, 4.69) is 22.1 Å². The maximum atomic E-state index is 12.0. The Kier molecular flexibility index (Phi) is 5.04. The monoisotopic (exact) mass is 302 g/mol. The minimum absolute atomic E-state index is 0.139. The molecule has 2 aromatic rings. The summed E-state index contributed by atoms with van der Waals surface area (Å²) in [6.45, 7) is 1.74. The third-order valence-electron chi connectivity index (χ3n) is 2.96. The van der Waals surface area contributed by atoms with Crippen LogP contribution in [-0.4, -0.2) is 22.6 Å². The Balaban J connectivity index is 2.03. The van der Waals surface area contributed by atoms with Crippen LogP contribution < -0.4 is 5.32 Å². The summed E-state index contributed by atoms with van der Waals surface area (Å²) in [5.41, 5.74) is 2.22. The second kappa shape index (κ2) is 6.98. The van der Waals surface area contributed by atoms with Crippen LogP contribution in [0.3, 0.4) is 0 Å². The highest BCUT2D eigenvalue weighted by atomic mass is 35.5. The van der Waals surface area contributed by atoms with Crippen LogP contribution in [0.1, 0.15) is 34.6 Å². The van der Waals surface area contributed by atoms with Gasteiger partial charge in [0.25, 0.3) is 5.91 Å². The number of hydrogen-bond acceptors (Lipinski definition) is 2. The fraction of sp³-hybridized carbons (Fsp3) is 0.188. The Morgan fingerprint density at radius 1 is 1.43 bits per heavy atom. The van der Waals surface area contributed by atoms with Gasteiger partial charge in [-0.05, 0) is 30.7 Å². The molecule has 0 aliphatic carbocycles. The molecule has 0 aliphatic rings. The molecule has 1 unspecified atom stereocenters.